The number of ether oxygens (including phenoxy) is 1. The zero-order valence-electron chi connectivity index (χ0n) is 10.6. The van der Waals surface area contributed by atoms with E-state index in [0.717, 1.165) is 16.1 Å². The first-order valence-corrected chi connectivity index (χ1v) is 5.97. The van der Waals surface area contributed by atoms with E-state index >= 15 is 0 Å². The molecule has 0 spiro atoms. The highest BCUT2D eigenvalue weighted by Gasteiger charge is 2.37. The summed E-state index contributed by atoms with van der Waals surface area (Å²) >= 11 is 6.01. The fraction of sp³-hybridized carbons (Fsp3) is 0.462. The molecule has 0 unspecified atom stereocenters. The summed E-state index contributed by atoms with van der Waals surface area (Å²) in [5.74, 6) is 0. The van der Waals surface area contributed by atoms with Gasteiger partial charge in [0.2, 0.25) is 0 Å². The third-order valence-electron chi connectivity index (χ3n) is 3.13. The predicted octanol–water partition coefficient (Wildman–Crippen LogP) is 3.88. The minimum atomic E-state index is -0.359. The largest absolute Gasteiger partial charge is 0.449 e. The third-order valence-corrected chi connectivity index (χ3v) is 3.56. The minimum absolute atomic E-state index is 0. The molecule has 5 heteroatoms. The van der Waals surface area contributed by atoms with Gasteiger partial charge in [0.1, 0.15) is 6.61 Å². The van der Waals surface area contributed by atoms with Crippen LogP contribution in [-0.2, 0) is 4.74 Å². The molecule has 0 aliphatic carbocycles. The van der Waals surface area contributed by atoms with Crippen molar-refractivity contribution in [3.8, 4) is 0 Å². The molecule has 1 atom stereocenters. The first-order valence-electron chi connectivity index (χ1n) is 5.59. The maximum atomic E-state index is 11.3. The van der Waals surface area contributed by atoms with E-state index in [9.17, 15) is 4.79 Å². The number of cyclic esters (lactones) is 1. The first-order chi connectivity index (χ1) is 7.90. The number of aryl methyl sites for hydroxylation is 1. The molecule has 100 valence electrons. The summed E-state index contributed by atoms with van der Waals surface area (Å²) in [6.07, 6.45) is -0.359. The third kappa shape index (κ3) is 2.90. The van der Waals surface area contributed by atoms with Crippen LogP contribution in [0.15, 0.2) is 18.2 Å². The number of rotatable bonds is 1. The molecule has 1 aromatic rings. The SMILES string of the molecule is Cc1cc([C@@H]2NC(=O)OCC2(C)C)ccc1Cl.Cl. The molecule has 1 amide bonds. The van der Waals surface area contributed by atoms with E-state index in [1.54, 1.807) is 0 Å². The lowest BCUT2D eigenvalue weighted by Crippen LogP contribution is -2.46. The number of carbonyl (C=O) groups is 1. The fourth-order valence-electron chi connectivity index (χ4n) is 2.07. The van der Waals surface area contributed by atoms with Gasteiger partial charge >= 0.3 is 6.09 Å². The molecule has 1 heterocycles. The van der Waals surface area contributed by atoms with Crippen LogP contribution >= 0.6 is 24.0 Å². The Morgan fingerprint density at radius 3 is 2.72 bits per heavy atom. The number of hydrogen-bond donors (Lipinski definition) is 1. The molecule has 1 fully saturated rings. The van der Waals surface area contributed by atoms with E-state index in [0.29, 0.717) is 6.61 Å². The lowest BCUT2D eigenvalue weighted by Gasteiger charge is -2.38. The van der Waals surface area contributed by atoms with Crippen LogP contribution in [0.4, 0.5) is 4.79 Å². The quantitative estimate of drug-likeness (QED) is 0.852. The summed E-state index contributed by atoms with van der Waals surface area (Å²) in [6, 6.07) is 5.79. The van der Waals surface area contributed by atoms with E-state index in [4.69, 9.17) is 16.3 Å². The molecule has 1 aliphatic heterocycles. The molecule has 0 radical (unpaired) electrons. The molecule has 18 heavy (non-hydrogen) atoms. The number of alkyl carbamates (subject to hydrolysis) is 1. The van der Waals surface area contributed by atoms with Crippen LogP contribution in [0.25, 0.3) is 0 Å². The van der Waals surface area contributed by atoms with Crippen LogP contribution in [0.3, 0.4) is 0 Å². The average molecular weight is 290 g/mol. The van der Waals surface area contributed by atoms with Crippen molar-refractivity contribution in [2.45, 2.75) is 26.8 Å². The van der Waals surface area contributed by atoms with Crippen LogP contribution in [0.2, 0.25) is 5.02 Å². The van der Waals surface area contributed by atoms with Crippen molar-refractivity contribution in [1.29, 1.82) is 0 Å². The minimum Gasteiger partial charge on any atom is -0.449 e. The fourth-order valence-corrected chi connectivity index (χ4v) is 2.19. The molecule has 0 bridgehead atoms. The van der Waals surface area contributed by atoms with Gasteiger partial charge in [0, 0.05) is 10.4 Å². The van der Waals surface area contributed by atoms with E-state index < -0.39 is 0 Å². The van der Waals surface area contributed by atoms with Crippen molar-refractivity contribution in [3.05, 3.63) is 34.3 Å². The Bertz CT molecular complexity index is 460. The predicted molar refractivity (Wildman–Crippen MR) is 74.4 cm³/mol. The molecule has 2 rings (SSSR count). The summed E-state index contributed by atoms with van der Waals surface area (Å²) in [5, 5.41) is 3.61. The van der Waals surface area contributed by atoms with Crippen LogP contribution in [0.5, 0.6) is 0 Å². The molecule has 3 nitrogen and oxygen atoms in total. The van der Waals surface area contributed by atoms with E-state index in [2.05, 4.69) is 19.2 Å². The highest BCUT2D eigenvalue weighted by molar-refractivity contribution is 6.31. The van der Waals surface area contributed by atoms with Gasteiger partial charge in [0.15, 0.2) is 0 Å². The molecule has 1 aromatic carbocycles. The van der Waals surface area contributed by atoms with Gasteiger partial charge in [-0.3, -0.25) is 0 Å². The van der Waals surface area contributed by atoms with Gasteiger partial charge in [-0.1, -0.05) is 37.6 Å². The maximum Gasteiger partial charge on any atom is 0.407 e. The van der Waals surface area contributed by atoms with Gasteiger partial charge < -0.3 is 10.1 Å². The van der Waals surface area contributed by atoms with E-state index in [-0.39, 0.29) is 30.0 Å². The van der Waals surface area contributed by atoms with Crippen molar-refractivity contribution in [3.63, 3.8) is 0 Å². The van der Waals surface area contributed by atoms with Gasteiger partial charge in [-0.05, 0) is 24.1 Å². The number of hydrogen-bond acceptors (Lipinski definition) is 2. The van der Waals surface area contributed by atoms with Crippen molar-refractivity contribution in [1.82, 2.24) is 5.32 Å². The second kappa shape index (κ2) is 5.37. The summed E-state index contributed by atoms with van der Waals surface area (Å²) in [6.45, 7) is 6.52. The van der Waals surface area contributed by atoms with Gasteiger partial charge in [0.05, 0.1) is 6.04 Å². The van der Waals surface area contributed by atoms with Crippen LogP contribution < -0.4 is 5.32 Å². The van der Waals surface area contributed by atoms with Crippen molar-refractivity contribution in [2.24, 2.45) is 5.41 Å². The van der Waals surface area contributed by atoms with Crippen molar-refractivity contribution < 1.29 is 9.53 Å². The summed E-state index contributed by atoms with van der Waals surface area (Å²) in [5.41, 5.74) is 1.95. The first kappa shape index (κ1) is 15.1. The number of nitrogens with one attached hydrogen (secondary N) is 1. The topological polar surface area (TPSA) is 38.3 Å². The summed E-state index contributed by atoms with van der Waals surface area (Å²) < 4.78 is 5.02. The van der Waals surface area contributed by atoms with Crippen LogP contribution in [0.1, 0.15) is 31.0 Å². The standard InChI is InChI=1S/C13H16ClNO2.ClH/c1-8-6-9(4-5-10(8)14)11-13(2,3)7-17-12(16)15-11;/h4-6,11H,7H2,1-3H3,(H,15,16);1H/t11-;/m0./s1. The molecular formula is C13H17Cl2NO2. The molecule has 0 aromatic heterocycles. The highest BCUT2D eigenvalue weighted by Crippen LogP contribution is 2.37. The smallest absolute Gasteiger partial charge is 0.407 e. The molecular weight excluding hydrogens is 273 g/mol. The molecule has 1 N–H and O–H groups in total. The van der Waals surface area contributed by atoms with E-state index in [1.807, 2.05) is 25.1 Å². The van der Waals surface area contributed by atoms with Crippen LogP contribution in [-0.4, -0.2) is 12.7 Å². The lowest BCUT2D eigenvalue weighted by atomic mass is 9.80. The van der Waals surface area contributed by atoms with Gasteiger partial charge in [-0.2, -0.15) is 0 Å². The Morgan fingerprint density at radius 1 is 1.44 bits per heavy atom. The van der Waals surface area contributed by atoms with Gasteiger partial charge in [0.25, 0.3) is 0 Å². The lowest BCUT2D eigenvalue weighted by molar-refractivity contribution is 0.0387. The van der Waals surface area contributed by atoms with Crippen molar-refractivity contribution in [2.75, 3.05) is 6.61 Å². The Balaban J connectivity index is 0.00000162. The maximum absolute atomic E-state index is 11.3. The Hall–Kier alpha value is -0.930. The normalized spacial score (nSPS) is 21.6. The Labute approximate surface area is 118 Å². The summed E-state index contributed by atoms with van der Waals surface area (Å²) in [4.78, 5) is 11.3. The zero-order valence-corrected chi connectivity index (χ0v) is 12.2. The van der Waals surface area contributed by atoms with Gasteiger partial charge in [-0.25, -0.2) is 4.79 Å². The second-order valence-corrected chi connectivity index (χ2v) is 5.56. The number of amides is 1. The average Bonchev–Trinajstić information content (AvgIpc) is 2.26. The monoisotopic (exact) mass is 289 g/mol. The van der Waals surface area contributed by atoms with Crippen molar-refractivity contribution >= 4 is 30.1 Å². The highest BCUT2D eigenvalue weighted by atomic mass is 35.5. The number of benzene rings is 1. The molecule has 1 aliphatic rings. The van der Waals surface area contributed by atoms with Crippen LogP contribution in [0, 0.1) is 12.3 Å². The Morgan fingerprint density at radius 2 is 2.11 bits per heavy atom. The summed E-state index contributed by atoms with van der Waals surface area (Å²) in [7, 11) is 0. The van der Waals surface area contributed by atoms with Gasteiger partial charge in [-0.15, -0.1) is 12.4 Å². The zero-order chi connectivity index (χ0) is 12.6. The second-order valence-electron chi connectivity index (χ2n) is 5.15. The van der Waals surface area contributed by atoms with E-state index in [1.165, 1.54) is 0 Å². The molecule has 0 saturated carbocycles. The number of carbonyl (C=O) groups excluding carboxylic acids is 1. The Kier molecular flexibility index (Phi) is 4.51. The number of halogens is 2. The molecule has 1 saturated heterocycles.